The first-order valence-electron chi connectivity index (χ1n) is 10.0. The molecule has 0 atom stereocenters. The van der Waals surface area contributed by atoms with Gasteiger partial charge >= 0.3 is 0 Å². The Morgan fingerprint density at radius 3 is 2.70 bits per heavy atom. The third kappa shape index (κ3) is 4.26. The van der Waals surface area contributed by atoms with E-state index in [4.69, 9.17) is 14.2 Å². The third-order valence-electron chi connectivity index (χ3n) is 4.81. The second kappa shape index (κ2) is 9.17. The molecule has 4 rings (SSSR count). The molecule has 2 aromatic carbocycles. The van der Waals surface area contributed by atoms with E-state index in [0.717, 1.165) is 33.4 Å². The van der Waals surface area contributed by atoms with Gasteiger partial charge in [-0.05, 0) is 44.2 Å². The van der Waals surface area contributed by atoms with E-state index in [0.29, 0.717) is 38.6 Å². The van der Waals surface area contributed by atoms with Crippen LogP contribution in [-0.2, 0) is 6.54 Å². The lowest BCUT2D eigenvalue weighted by Crippen LogP contribution is -2.31. The van der Waals surface area contributed by atoms with Crippen LogP contribution in [0.3, 0.4) is 0 Å². The Labute approximate surface area is 180 Å². The Hall–Kier alpha value is -3.06. The summed E-state index contributed by atoms with van der Waals surface area (Å²) in [5.74, 6) is 2.18. The van der Waals surface area contributed by atoms with Crippen molar-refractivity contribution < 1.29 is 19.0 Å². The van der Waals surface area contributed by atoms with Gasteiger partial charge in [0.25, 0.3) is 5.91 Å². The van der Waals surface area contributed by atoms with Gasteiger partial charge in [-0.15, -0.1) is 11.3 Å². The van der Waals surface area contributed by atoms with Gasteiger partial charge in [0.15, 0.2) is 11.5 Å². The molecule has 0 saturated carbocycles. The number of para-hydroxylation sites is 1. The highest BCUT2D eigenvalue weighted by Gasteiger charge is 2.22. The average molecular weight is 425 g/mol. The van der Waals surface area contributed by atoms with Crippen molar-refractivity contribution in [2.45, 2.75) is 20.4 Å². The lowest BCUT2D eigenvalue weighted by atomic mass is 10.1. The minimum absolute atomic E-state index is 0.0970. The number of thiazole rings is 1. The highest BCUT2D eigenvalue weighted by Crippen LogP contribution is 2.34. The maximum Gasteiger partial charge on any atom is 0.273 e. The molecule has 0 spiro atoms. The van der Waals surface area contributed by atoms with E-state index in [1.807, 2.05) is 61.7 Å². The van der Waals surface area contributed by atoms with Crippen LogP contribution in [0, 0.1) is 0 Å². The molecule has 0 N–H and O–H groups in total. The standard InChI is InChI=1S/C23H24N2O4S/c1-3-25(14-17-6-5-7-20-21(17)29-13-12-28-20)23(26)19-15-30-22(24-19)16-8-10-18(11-9-16)27-4-2/h5-11,15H,3-4,12-14H2,1-2H3. The molecular weight excluding hydrogens is 400 g/mol. The Morgan fingerprint density at radius 2 is 1.93 bits per heavy atom. The highest BCUT2D eigenvalue weighted by atomic mass is 32.1. The molecule has 1 amide bonds. The molecule has 0 fully saturated rings. The summed E-state index contributed by atoms with van der Waals surface area (Å²) in [6.45, 7) is 6.61. The highest BCUT2D eigenvalue weighted by molar-refractivity contribution is 7.13. The van der Waals surface area contributed by atoms with Crippen molar-refractivity contribution in [3.63, 3.8) is 0 Å². The van der Waals surface area contributed by atoms with Crippen LogP contribution in [0.15, 0.2) is 47.8 Å². The summed E-state index contributed by atoms with van der Waals surface area (Å²) in [5, 5.41) is 2.63. The average Bonchev–Trinajstić information content (AvgIpc) is 3.28. The van der Waals surface area contributed by atoms with Crippen LogP contribution in [0.1, 0.15) is 29.9 Å². The number of aromatic nitrogens is 1. The molecule has 0 aliphatic carbocycles. The Bertz CT molecular complexity index is 1020. The van der Waals surface area contributed by atoms with E-state index in [2.05, 4.69) is 4.98 Å². The summed E-state index contributed by atoms with van der Waals surface area (Å²) in [5.41, 5.74) is 2.35. The summed E-state index contributed by atoms with van der Waals surface area (Å²) in [7, 11) is 0. The van der Waals surface area contributed by atoms with Gasteiger partial charge in [0.1, 0.15) is 29.7 Å². The fourth-order valence-electron chi connectivity index (χ4n) is 3.32. The minimum Gasteiger partial charge on any atom is -0.494 e. The number of hydrogen-bond acceptors (Lipinski definition) is 6. The van der Waals surface area contributed by atoms with Crippen molar-refractivity contribution >= 4 is 17.2 Å². The summed E-state index contributed by atoms with van der Waals surface area (Å²) in [6, 6.07) is 13.5. The van der Waals surface area contributed by atoms with E-state index in [1.54, 1.807) is 4.90 Å². The molecule has 2 heterocycles. The molecule has 1 aromatic heterocycles. The monoisotopic (exact) mass is 424 g/mol. The lowest BCUT2D eigenvalue weighted by molar-refractivity contribution is 0.0744. The van der Waals surface area contributed by atoms with Crippen molar-refractivity contribution in [2.24, 2.45) is 0 Å². The second-order valence-corrected chi connectivity index (χ2v) is 7.61. The SMILES string of the molecule is CCOc1ccc(-c2nc(C(=O)N(CC)Cc3cccc4c3OCCO4)cs2)cc1. The Balaban J connectivity index is 1.51. The van der Waals surface area contributed by atoms with Crippen LogP contribution < -0.4 is 14.2 Å². The predicted octanol–water partition coefficient (Wildman–Crippen LogP) is 4.64. The fraction of sp³-hybridized carbons (Fsp3) is 0.304. The van der Waals surface area contributed by atoms with Crippen molar-refractivity contribution in [1.82, 2.24) is 9.88 Å². The molecule has 3 aromatic rings. The molecule has 156 valence electrons. The first kappa shape index (κ1) is 20.2. The molecule has 0 radical (unpaired) electrons. The molecular formula is C23H24N2O4S. The summed E-state index contributed by atoms with van der Waals surface area (Å²) in [6.07, 6.45) is 0. The lowest BCUT2D eigenvalue weighted by Gasteiger charge is -2.25. The Kier molecular flexibility index (Phi) is 6.18. The molecule has 1 aliphatic rings. The van der Waals surface area contributed by atoms with Gasteiger partial charge in [-0.2, -0.15) is 0 Å². The van der Waals surface area contributed by atoms with Crippen LogP contribution in [0.4, 0.5) is 0 Å². The van der Waals surface area contributed by atoms with E-state index in [1.165, 1.54) is 11.3 Å². The van der Waals surface area contributed by atoms with Gasteiger partial charge in [0, 0.05) is 29.6 Å². The second-order valence-electron chi connectivity index (χ2n) is 6.76. The number of ether oxygens (including phenoxy) is 3. The van der Waals surface area contributed by atoms with Crippen LogP contribution in [0.5, 0.6) is 17.2 Å². The van der Waals surface area contributed by atoms with Gasteiger partial charge in [0.2, 0.25) is 0 Å². The first-order valence-corrected chi connectivity index (χ1v) is 10.9. The fourth-order valence-corrected chi connectivity index (χ4v) is 4.12. The van der Waals surface area contributed by atoms with E-state index >= 15 is 0 Å². The maximum absolute atomic E-state index is 13.1. The molecule has 0 unspecified atom stereocenters. The summed E-state index contributed by atoms with van der Waals surface area (Å²) >= 11 is 1.46. The molecule has 0 bridgehead atoms. The topological polar surface area (TPSA) is 60.9 Å². The van der Waals surface area contributed by atoms with Gasteiger partial charge < -0.3 is 19.1 Å². The van der Waals surface area contributed by atoms with Gasteiger partial charge in [-0.25, -0.2) is 4.98 Å². The number of nitrogens with zero attached hydrogens (tertiary/aromatic N) is 2. The number of carbonyl (C=O) groups is 1. The molecule has 7 heteroatoms. The van der Waals surface area contributed by atoms with E-state index in [-0.39, 0.29) is 5.91 Å². The third-order valence-corrected chi connectivity index (χ3v) is 5.70. The number of hydrogen-bond donors (Lipinski definition) is 0. The van der Waals surface area contributed by atoms with Crippen molar-refractivity contribution in [1.29, 1.82) is 0 Å². The van der Waals surface area contributed by atoms with Gasteiger partial charge in [-0.1, -0.05) is 12.1 Å². The zero-order chi connectivity index (χ0) is 20.9. The summed E-state index contributed by atoms with van der Waals surface area (Å²) < 4.78 is 16.9. The van der Waals surface area contributed by atoms with Crippen molar-refractivity contribution in [2.75, 3.05) is 26.4 Å². The van der Waals surface area contributed by atoms with Crippen LogP contribution in [0.25, 0.3) is 10.6 Å². The minimum atomic E-state index is -0.0970. The molecule has 30 heavy (non-hydrogen) atoms. The first-order chi connectivity index (χ1) is 14.7. The number of amides is 1. The van der Waals surface area contributed by atoms with E-state index < -0.39 is 0 Å². The quantitative estimate of drug-likeness (QED) is 0.553. The van der Waals surface area contributed by atoms with Crippen LogP contribution in [-0.4, -0.2) is 42.2 Å². The number of fused-ring (bicyclic) bond motifs is 1. The normalized spacial score (nSPS) is 12.5. The van der Waals surface area contributed by atoms with Crippen LogP contribution in [0.2, 0.25) is 0 Å². The molecule has 1 aliphatic heterocycles. The van der Waals surface area contributed by atoms with Crippen molar-refractivity contribution in [3.8, 4) is 27.8 Å². The molecule has 0 saturated heterocycles. The van der Waals surface area contributed by atoms with Crippen molar-refractivity contribution in [3.05, 3.63) is 59.1 Å². The maximum atomic E-state index is 13.1. The van der Waals surface area contributed by atoms with Crippen LogP contribution >= 0.6 is 11.3 Å². The van der Waals surface area contributed by atoms with Gasteiger partial charge in [0.05, 0.1) is 6.61 Å². The number of carbonyl (C=O) groups excluding carboxylic acids is 1. The smallest absolute Gasteiger partial charge is 0.273 e. The number of benzene rings is 2. The Morgan fingerprint density at radius 1 is 1.13 bits per heavy atom. The largest absolute Gasteiger partial charge is 0.494 e. The zero-order valence-electron chi connectivity index (χ0n) is 17.1. The van der Waals surface area contributed by atoms with E-state index in [9.17, 15) is 4.79 Å². The molecule has 6 nitrogen and oxygen atoms in total. The number of rotatable bonds is 7. The van der Waals surface area contributed by atoms with Gasteiger partial charge in [-0.3, -0.25) is 4.79 Å². The summed E-state index contributed by atoms with van der Waals surface area (Å²) in [4.78, 5) is 19.5. The predicted molar refractivity (Wildman–Crippen MR) is 117 cm³/mol. The zero-order valence-corrected chi connectivity index (χ0v) is 17.9.